The van der Waals surface area contributed by atoms with E-state index in [0.29, 0.717) is 22.7 Å². The van der Waals surface area contributed by atoms with E-state index in [9.17, 15) is 22.8 Å². The summed E-state index contributed by atoms with van der Waals surface area (Å²) in [6, 6.07) is 13.1. The average molecular weight is 488 g/mol. The molecule has 0 bridgehead atoms. The number of nitrogens with zero attached hydrogens (tertiary/aromatic N) is 2. The van der Waals surface area contributed by atoms with E-state index in [-0.39, 0.29) is 24.8 Å². The van der Waals surface area contributed by atoms with Crippen LogP contribution in [0.3, 0.4) is 0 Å². The topological polar surface area (TPSA) is 73.2 Å². The first-order chi connectivity index (χ1) is 16.6. The van der Waals surface area contributed by atoms with Gasteiger partial charge < -0.3 is 10.1 Å². The number of alkyl halides is 3. The third kappa shape index (κ3) is 6.94. The average Bonchev–Trinajstić information content (AvgIpc) is 3.25. The maximum absolute atomic E-state index is 12.7. The van der Waals surface area contributed by atoms with Crippen LogP contribution < -0.4 is 5.32 Å². The first-order valence-corrected chi connectivity index (χ1v) is 11.4. The summed E-state index contributed by atoms with van der Waals surface area (Å²) in [6.45, 7) is 6.31. The Morgan fingerprint density at radius 2 is 1.71 bits per heavy atom. The second-order valence-electron chi connectivity index (χ2n) is 8.51. The molecule has 0 unspecified atom stereocenters. The van der Waals surface area contributed by atoms with E-state index >= 15 is 0 Å². The number of nitrogens with one attached hydrogen (secondary N) is 1. The van der Waals surface area contributed by atoms with Crippen LogP contribution in [0.2, 0.25) is 0 Å². The van der Waals surface area contributed by atoms with Crippen molar-refractivity contribution in [3.05, 3.63) is 82.7 Å². The van der Waals surface area contributed by atoms with Crippen LogP contribution in [0.4, 0.5) is 13.2 Å². The highest BCUT2D eigenvalue weighted by Gasteiger charge is 2.29. The minimum absolute atomic E-state index is 0.0973. The van der Waals surface area contributed by atoms with Gasteiger partial charge in [0.05, 0.1) is 17.9 Å². The molecule has 3 aromatic rings. The maximum atomic E-state index is 12.7. The van der Waals surface area contributed by atoms with Gasteiger partial charge in [-0.25, -0.2) is 9.48 Å². The number of esters is 1. The summed E-state index contributed by atoms with van der Waals surface area (Å²) in [7, 11) is 0. The van der Waals surface area contributed by atoms with Crippen molar-refractivity contribution in [2.45, 2.75) is 46.3 Å². The molecule has 0 fully saturated rings. The van der Waals surface area contributed by atoms with Gasteiger partial charge in [-0.2, -0.15) is 18.3 Å². The van der Waals surface area contributed by atoms with E-state index in [2.05, 4.69) is 24.3 Å². The van der Waals surface area contributed by atoms with E-state index in [1.807, 2.05) is 0 Å². The lowest BCUT2D eigenvalue weighted by Crippen LogP contribution is -2.22. The molecule has 2 aromatic carbocycles. The van der Waals surface area contributed by atoms with Crippen molar-refractivity contribution in [2.24, 2.45) is 5.92 Å². The standard InChI is InChI=1S/C26H28F3N3O3/c1-4-35-25(34)23-15-22(12-5-17(2)3)32(31-23)21-13-8-19(9-14-21)24(33)30-16-18-6-10-20(11-7-18)26(27,28)29/h6-11,13-15,17H,4-5,12,16H2,1-3H3,(H,30,33). The molecule has 3 rings (SSSR count). The molecule has 0 aliphatic heterocycles. The van der Waals surface area contributed by atoms with E-state index in [1.54, 1.807) is 41.9 Å². The Morgan fingerprint density at radius 1 is 1.06 bits per heavy atom. The zero-order valence-corrected chi connectivity index (χ0v) is 19.9. The number of rotatable bonds is 9. The maximum Gasteiger partial charge on any atom is 0.416 e. The minimum Gasteiger partial charge on any atom is -0.461 e. The van der Waals surface area contributed by atoms with Crippen molar-refractivity contribution in [3.63, 3.8) is 0 Å². The molecule has 1 N–H and O–H groups in total. The second kappa shape index (κ2) is 11.2. The highest BCUT2D eigenvalue weighted by Crippen LogP contribution is 2.29. The van der Waals surface area contributed by atoms with Gasteiger partial charge in [0.1, 0.15) is 0 Å². The molecule has 0 saturated heterocycles. The molecule has 9 heteroatoms. The smallest absolute Gasteiger partial charge is 0.416 e. The van der Waals surface area contributed by atoms with Gasteiger partial charge in [0, 0.05) is 17.8 Å². The molecule has 0 atom stereocenters. The lowest BCUT2D eigenvalue weighted by Gasteiger charge is -2.11. The number of hydrogen-bond donors (Lipinski definition) is 1. The van der Waals surface area contributed by atoms with Crippen molar-refractivity contribution in [2.75, 3.05) is 6.61 Å². The molecule has 0 aliphatic rings. The fourth-order valence-corrected chi connectivity index (χ4v) is 3.41. The number of ether oxygens (including phenoxy) is 1. The van der Waals surface area contributed by atoms with E-state index in [4.69, 9.17) is 4.74 Å². The Morgan fingerprint density at radius 3 is 2.29 bits per heavy atom. The van der Waals surface area contributed by atoms with Gasteiger partial charge in [-0.1, -0.05) is 26.0 Å². The van der Waals surface area contributed by atoms with Gasteiger partial charge >= 0.3 is 12.1 Å². The van der Waals surface area contributed by atoms with Gasteiger partial charge in [0.2, 0.25) is 0 Å². The van der Waals surface area contributed by atoms with Crippen molar-refractivity contribution >= 4 is 11.9 Å². The van der Waals surface area contributed by atoms with E-state index < -0.39 is 17.7 Å². The zero-order valence-electron chi connectivity index (χ0n) is 19.9. The number of benzene rings is 2. The summed E-state index contributed by atoms with van der Waals surface area (Å²) < 4.78 is 44.8. The fraction of sp³-hybridized carbons (Fsp3) is 0.346. The first kappa shape index (κ1) is 26.0. The number of hydrogen-bond acceptors (Lipinski definition) is 4. The highest BCUT2D eigenvalue weighted by atomic mass is 19.4. The molecule has 186 valence electrons. The van der Waals surface area contributed by atoms with E-state index in [1.165, 1.54) is 12.1 Å². The molecule has 1 amide bonds. The monoisotopic (exact) mass is 487 g/mol. The Bertz CT molecular complexity index is 1150. The third-order valence-electron chi connectivity index (χ3n) is 5.35. The molecule has 1 heterocycles. The predicted octanol–water partition coefficient (Wildman–Crippen LogP) is 5.59. The normalized spacial score (nSPS) is 11.5. The Hall–Kier alpha value is -3.62. The molecule has 35 heavy (non-hydrogen) atoms. The fourth-order valence-electron chi connectivity index (χ4n) is 3.41. The Balaban J connectivity index is 1.71. The first-order valence-electron chi connectivity index (χ1n) is 11.4. The van der Waals surface area contributed by atoms with Crippen LogP contribution in [-0.2, 0) is 23.9 Å². The Labute approximate surface area is 202 Å². The lowest BCUT2D eigenvalue weighted by atomic mass is 10.1. The third-order valence-corrected chi connectivity index (χ3v) is 5.35. The van der Waals surface area contributed by atoms with Crippen molar-refractivity contribution in [1.29, 1.82) is 0 Å². The number of amides is 1. The number of aromatic nitrogens is 2. The summed E-state index contributed by atoms with van der Waals surface area (Å²) >= 11 is 0. The molecule has 6 nitrogen and oxygen atoms in total. The van der Waals surface area contributed by atoms with Crippen LogP contribution in [0.15, 0.2) is 54.6 Å². The SMILES string of the molecule is CCOC(=O)c1cc(CCC(C)C)n(-c2ccc(C(=O)NCc3ccc(C(F)(F)F)cc3)cc2)n1. The lowest BCUT2D eigenvalue weighted by molar-refractivity contribution is -0.137. The van der Waals surface area contributed by atoms with Gasteiger partial charge in [-0.15, -0.1) is 0 Å². The molecular weight excluding hydrogens is 459 g/mol. The highest BCUT2D eigenvalue weighted by molar-refractivity contribution is 5.94. The Kier molecular flexibility index (Phi) is 8.32. The summed E-state index contributed by atoms with van der Waals surface area (Å²) in [5.41, 5.74) is 1.99. The summed E-state index contributed by atoms with van der Waals surface area (Å²) in [5, 5.41) is 7.12. The van der Waals surface area contributed by atoms with Crippen LogP contribution in [0.1, 0.15) is 64.9 Å². The zero-order chi connectivity index (χ0) is 25.6. The summed E-state index contributed by atoms with van der Waals surface area (Å²) in [5.74, 6) is -0.374. The van der Waals surface area contributed by atoms with E-state index in [0.717, 1.165) is 30.7 Å². The molecular formula is C26H28F3N3O3. The molecule has 1 aromatic heterocycles. The van der Waals surface area contributed by atoms with Crippen molar-refractivity contribution < 1.29 is 27.5 Å². The van der Waals surface area contributed by atoms with Crippen molar-refractivity contribution in [3.8, 4) is 5.69 Å². The van der Waals surface area contributed by atoms with Gasteiger partial charge in [-0.05, 0) is 73.7 Å². The van der Waals surface area contributed by atoms with Gasteiger partial charge in [-0.3, -0.25) is 4.79 Å². The van der Waals surface area contributed by atoms with Crippen molar-refractivity contribution in [1.82, 2.24) is 15.1 Å². The predicted molar refractivity (Wildman–Crippen MR) is 125 cm³/mol. The number of aryl methyl sites for hydroxylation is 1. The summed E-state index contributed by atoms with van der Waals surface area (Å²) in [4.78, 5) is 24.7. The van der Waals surface area contributed by atoms with Crippen LogP contribution in [-0.4, -0.2) is 28.3 Å². The minimum atomic E-state index is -4.40. The number of carbonyl (C=O) groups excluding carboxylic acids is 2. The van der Waals surface area contributed by atoms with Crippen LogP contribution in [0.25, 0.3) is 5.69 Å². The molecule has 0 saturated carbocycles. The molecule has 0 radical (unpaired) electrons. The second-order valence-corrected chi connectivity index (χ2v) is 8.51. The number of carbonyl (C=O) groups is 2. The van der Waals surface area contributed by atoms with Crippen LogP contribution >= 0.6 is 0 Å². The molecule has 0 spiro atoms. The van der Waals surface area contributed by atoms with Crippen LogP contribution in [0.5, 0.6) is 0 Å². The quantitative estimate of drug-likeness (QED) is 0.400. The van der Waals surface area contributed by atoms with Crippen LogP contribution in [0, 0.1) is 5.92 Å². The number of halogens is 3. The molecule has 0 aliphatic carbocycles. The summed E-state index contributed by atoms with van der Waals surface area (Å²) in [6.07, 6.45) is -2.76. The van der Waals surface area contributed by atoms with Gasteiger partial charge in [0.25, 0.3) is 5.91 Å². The van der Waals surface area contributed by atoms with Gasteiger partial charge in [0.15, 0.2) is 5.69 Å². The largest absolute Gasteiger partial charge is 0.461 e.